The smallest absolute Gasteiger partial charge is 0.309 e. The Hall–Kier alpha value is -1.81. The summed E-state index contributed by atoms with van der Waals surface area (Å²) in [7, 11) is 0. The second-order valence-corrected chi connectivity index (χ2v) is 7.07. The zero-order chi connectivity index (χ0) is 19.9. The maximum atomic E-state index is 12.6. The lowest BCUT2D eigenvalue weighted by atomic mass is 9.89. The highest BCUT2D eigenvalue weighted by molar-refractivity contribution is 6.35. The second kappa shape index (κ2) is 9.93. The van der Waals surface area contributed by atoms with E-state index in [0.717, 1.165) is 12.8 Å². The number of piperidine rings is 1. The molecule has 2 fully saturated rings. The predicted octanol–water partition coefficient (Wildman–Crippen LogP) is -0.346. The molecule has 0 aromatic carbocycles. The number of nitrogens with one attached hydrogen (secondary N) is 2. The van der Waals surface area contributed by atoms with E-state index in [2.05, 4.69) is 5.32 Å². The molecule has 1 atom stereocenters. The van der Waals surface area contributed by atoms with Crippen LogP contribution in [0.15, 0.2) is 0 Å². The van der Waals surface area contributed by atoms with Gasteiger partial charge in [-0.15, -0.1) is 0 Å². The lowest BCUT2D eigenvalue weighted by Crippen LogP contribution is -2.54. The van der Waals surface area contributed by atoms with Gasteiger partial charge in [-0.25, -0.2) is 8.78 Å². The number of aliphatic hydroxyl groups is 1. The number of halogens is 2. The first-order valence-corrected chi connectivity index (χ1v) is 9.24. The van der Waals surface area contributed by atoms with Gasteiger partial charge in [0.05, 0.1) is 12.1 Å². The fraction of sp³-hybridized carbons (Fsp3) is 0.824. The second-order valence-electron chi connectivity index (χ2n) is 7.07. The van der Waals surface area contributed by atoms with Crippen molar-refractivity contribution in [2.75, 3.05) is 39.4 Å². The van der Waals surface area contributed by atoms with Gasteiger partial charge in [0, 0.05) is 38.8 Å². The summed E-state index contributed by atoms with van der Waals surface area (Å²) in [6, 6.07) is 0. The Morgan fingerprint density at radius 2 is 1.78 bits per heavy atom. The van der Waals surface area contributed by atoms with Crippen LogP contribution < -0.4 is 10.6 Å². The summed E-state index contributed by atoms with van der Waals surface area (Å²) in [5, 5.41) is 14.6. The Morgan fingerprint density at radius 1 is 1.11 bits per heavy atom. The molecule has 27 heavy (non-hydrogen) atoms. The van der Waals surface area contributed by atoms with Crippen molar-refractivity contribution in [2.24, 2.45) is 5.92 Å². The first-order valence-electron chi connectivity index (χ1n) is 9.24. The molecule has 0 bridgehead atoms. The van der Waals surface area contributed by atoms with Crippen LogP contribution in [0.5, 0.6) is 0 Å². The van der Waals surface area contributed by atoms with Crippen LogP contribution in [0.1, 0.15) is 32.1 Å². The third-order valence-corrected chi connectivity index (χ3v) is 5.01. The van der Waals surface area contributed by atoms with E-state index in [0.29, 0.717) is 32.7 Å². The van der Waals surface area contributed by atoms with E-state index in [4.69, 9.17) is 4.74 Å². The topological polar surface area (TPSA) is 108 Å². The summed E-state index contributed by atoms with van der Waals surface area (Å²) in [6.45, 7) is 0.898. The van der Waals surface area contributed by atoms with Crippen LogP contribution in [-0.4, -0.2) is 79.1 Å². The van der Waals surface area contributed by atoms with Gasteiger partial charge in [0.15, 0.2) is 0 Å². The van der Waals surface area contributed by atoms with Gasteiger partial charge in [0.1, 0.15) is 0 Å². The van der Waals surface area contributed by atoms with E-state index < -0.39 is 30.4 Å². The van der Waals surface area contributed by atoms with Gasteiger partial charge in [-0.1, -0.05) is 0 Å². The molecule has 154 valence electrons. The van der Waals surface area contributed by atoms with Crippen molar-refractivity contribution in [3.05, 3.63) is 0 Å². The fourth-order valence-electron chi connectivity index (χ4n) is 3.30. The van der Waals surface area contributed by atoms with Gasteiger partial charge < -0.3 is 25.4 Å². The predicted molar refractivity (Wildman–Crippen MR) is 90.9 cm³/mol. The van der Waals surface area contributed by atoms with Gasteiger partial charge >= 0.3 is 11.8 Å². The zero-order valence-electron chi connectivity index (χ0n) is 15.2. The van der Waals surface area contributed by atoms with E-state index >= 15 is 0 Å². The average Bonchev–Trinajstić information content (AvgIpc) is 2.93. The lowest BCUT2D eigenvalue weighted by molar-refractivity contribution is -0.142. The van der Waals surface area contributed by atoms with Crippen LogP contribution in [0.25, 0.3) is 0 Å². The minimum Gasteiger partial charge on any atom is -0.388 e. The molecule has 2 rings (SSSR count). The number of rotatable bonds is 5. The van der Waals surface area contributed by atoms with Crippen LogP contribution in [0.3, 0.4) is 0 Å². The quantitative estimate of drug-likeness (QED) is 0.556. The summed E-state index contributed by atoms with van der Waals surface area (Å²) in [6.07, 6.45) is 0.135. The highest BCUT2D eigenvalue weighted by Crippen LogP contribution is 2.25. The van der Waals surface area contributed by atoms with Crippen molar-refractivity contribution in [1.29, 1.82) is 0 Å². The maximum absolute atomic E-state index is 12.6. The highest BCUT2D eigenvalue weighted by Gasteiger charge is 2.36. The third-order valence-electron chi connectivity index (χ3n) is 5.01. The normalized spacial score (nSPS) is 22.8. The minimum absolute atomic E-state index is 0.0584. The number of carbonyl (C=O) groups excluding carboxylic acids is 3. The van der Waals surface area contributed by atoms with Crippen LogP contribution >= 0.6 is 0 Å². The molecule has 0 aromatic rings. The van der Waals surface area contributed by atoms with Crippen LogP contribution in [0.2, 0.25) is 0 Å². The summed E-state index contributed by atoms with van der Waals surface area (Å²) >= 11 is 0. The summed E-state index contributed by atoms with van der Waals surface area (Å²) in [5.41, 5.74) is -1.23. The molecule has 3 N–H and O–H groups in total. The molecule has 0 saturated carbocycles. The molecule has 0 aliphatic carbocycles. The zero-order valence-corrected chi connectivity index (χ0v) is 15.2. The number of nitrogens with zero attached hydrogens (tertiary/aromatic N) is 1. The number of alkyl halides is 2. The molecule has 10 heteroatoms. The van der Waals surface area contributed by atoms with Crippen molar-refractivity contribution in [1.82, 2.24) is 15.5 Å². The molecule has 1 unspecified atom stereocenters. The molecule has 8 nitrogen and oxygen atoms in total. The number of carbonyl (C=O) groups is 3. The SMILES string of the molecule is O=C(NCC(F)F)C(=O)NCC1(O)CCN(C(=O)C2CCCOCC2)CC1. The Balaban J connectivity index is 1.75. The van der Waals surface area contributed by atoms with Crippen LogP contribution in [-0.2, 0) is 19.1 Å². The lowest BCUT2D eigenvalue weighted by Gasteiger charge is -2.39. The van der Waals surface area contributed by atoms with Gasteiger partial charge in [0.2, 0.25) is 5.91 Å². The van der Waals surface area contributed by atoms with Crippen LogP contribution in [0, 0.1) is 5.92 Å². The first kappa shape index (κ1) is 21.5. The Bertz CT molecular complexity index is 531. The maximum Gasteiger partial charge on any atom is 0.309 e. The third kappa shape index (κ3) is 6.69. The van der Waals surface area contributed by atoms with Crippen molar-refractivity contribution in [2.45, 2.75) is 44.1 Å². The average molecular weight is 391 g/mol. The van der Waals surface area contributed by atoms with Crippen LogP contribution in [0.4, 0.5) is 8.78 Å². The van der Waals surface area contributed by atoms with Gasteiger partial charge in [-0.3, -0.25) is 14.4 Å². The van der Waals surface area contributed by atoms with Crippen molar-refractivity contribution < 1.29 is 33.0 Å². The van der Waals surface area contributed by atoms with Gasteiger partial charge in [-0.2, -0.15) is 0 Å². The molecular weight excluding hydrogens is 364 g/mol. The highest BCUT2D eigenvalue weighted by atomic mass is 19.3. The number of ether oxygens (including phenoxy) is 1. The largest absolute Gasteiger partial charge is 0.388 e. The summed E-state index contributed by atoms with van der Waals surface area (Å²) in [4.78, 5) is 37.3. The number of amides is 3. The number of hydrogen-bond donors (Lipinski definition) is 3. The van der Waals surface area contributed by atoms with Crippen molar-refractivity contribution >= 4 is 17.7 Å². The monoisotopic (exact) mass is 391 g/mol. The Kier molecular flexibility index (Phi) is 7.91. The molecular formula is C17H27F2N3O5. The van der Waals surface area contributed by atoms with Crippen molar-refractivity contribution in [3.63, 3.8) is 0 Å². The van der Waals surface area contributed by atoms with Gasteiger partial charge in [0.25, 0.3) is 6.43 Å². The number of hydrogen-bond acceptors (Lipinski definition) is 5. The first-order chi connectivity index (χ1) is 12.8. The fourth-order valence-corrected chi connectivity index (χ4v) is 3.30. The van der Waals surface area contributed by atoms with E-state index in [1.54, 1.807) is 10.2 Å². The molecule has 2 saturated heterocycles. The van der Waals surface area contributed by atoms with E-state index in [9.17, 15) is 28.3 Å². The Morgan fingerprint density at radius 3 is 2.44 bits per heavy atom. The molecule has 3 amide bonds. The minimum atomic E-state index is -2.74. The van der Waals surface area contributed by atoms with Gasteiger partial charge in [-0.05, 0) is 32.1 Å². The van der Waals surface area contributed by atoms with E-state index in [-0.39, 0.29) is 31.2 Å². The number of likely N-dealkylation sites (tertiary alicyclic amines) is 1. The molecule has 0 radical (unpaired) electrons. The molecule has 2 heterocycles. The summed E-state index contributed by atoms with van der Waals surface area (Å²) < 4.78 is 29.4. The van der Waals surface area contributed by atoms with E-state index in [1.807, 2.05) is 0 Å². The summed E-state index contributed by atoms with van der Waals surface area (Å²) in [5.74, 6) is -2.22. The molecule has 0 aromatic heterocycles. The van der Waals surface area contributed by atoms with Crippen molar-refractivity contribution in [3.8, 4) is 0 Å². The Labute approximate surface area is 156 Å². The molecule has 2 aliphatic rings. The molecule has 2 aliphatic heterocycles. The van der Waals surface area contributed by atoms with E-state index in [1.165, 1.54) is 0 Å². The molecule has 0 spiro atoms. The standard InChI is InChI=1S/C17H27F2N3O5/c18-13(19)10-20-14(23)15(24)21-11-17(26)4-6-22(7-5-17)16(25)12-2-1-8-27-9-3-12/h12-13,26H,1-11H2,(H,20,23)(H,21,24).